The van der Waals surface area contributed by atoms with Crippen molar-refractivity contribution in [3.05, 3.63) is 52.8 Å². The standard InChI is InChI=1S/C20H23ClN4O/c21-8-4-3-7-19(26)25-12-16-11-22-20(24-18(16)13-25)23-17-9-14-5-1-2-6-15(14)10-17/h1-2,5-6,11,17H,3-4,7-10,12-13H2,(H,22,23,24). The lowest BCUT2D eigenvalue weighted by Gasteiger charge is -2.14. The smallest absolute Gasteiger partial charge is 0.223 e. The molecule has 1 aliphatic carbocycles. The Bertz CT molecular complexity index is 785. The van der Waals surface area contributed by atoms with Crippen molar-refractivity contribution in [2.24, 2.45) is 0 Å². The highest BCUT2D eigenvalue weighted by Crippen LogP contribution is 2.26. The van der Waals surface area contributed by atoms with Crippen LogP contribution in [0.2, 0.25) is 0 Å². The number of anilines is 1. The van der Waals surface area contributed by atoms with Crippen molar-refractivity contribution < 1.29 is 4.79 Å². The number of alkyl halides is 1. The van der Waals surface area contributed by atoms with Gasteiger partial charge < -0.3 is 10.2 Å². The SMILES string of the molecule is O=C(CCCCCl)N1Cc2cnc(NC3Cc4ccccc4C3)nc2C1. The second-order valence-electron chi connectivity index (χ2n) is 7.08. The molecule has 0 saturated carbocycles. The number of halogens is 1. The van der Waals surface area contributed by atoms with Gasteiger partial charge in [-0.05, 0) is 36.8 Å². The number of nitrogens with one attached hydrogen (secondary N) is 1. The van der Waals surface area contributed by atoms with Crippen molar-refractivity contribution in [1.29, 1.82) is 0 Å². The largest absolute Gasteiger partial charge is 0.351 e. The third-order valence-electron chi connectivity index (χ3n) is 5.17. The van der Waals surface area contributed by atoms with E-state index in [1.165, 1.54) is 11.1 Å². The molecule has 6 heteroatoms. The van der Waals surface area contributed by atoms with E-state index < -0.39 is 0 Å². The first kappa shape index (κ1) is 17.3. The van der Waals surface area contributed by atoms with Crippen LogP contribution in [0.3, 0.4) is 0 Å². The summed E-state index contributed by atoms with van der Waals surface area (Å²) < 4.78 is 0. The topological polar surface area (TPSA) is 58.1 Å². The lowest BCUT2D eigenvalue weighted by Crippen LogP contribution is -2.25. The number of aromatic nitrogens is 2. The Morgan fingerprint density at radius 1 is 1.15 bits per heavy atom. The first-order chi connectivity index (χ1) is 12.7. The highest BCUT2D eigenvalue weighted by Gasteiger charge is 2.26. The number of hydrogen-bond donors (Lipinski definition) is 1. The van der Waals surface area contributed by atoms with Crippen LogP contribution in [0.5, 0.6) is 0 Å². The highest BCUT2D eigenvalue weighted by atomic mass is 35.5. The van der Waals surface area contributed by atoms with Gasteiger partial charge in [0.2, 0.25) is 11.9 Å². The van der Waals surface area contributed by atoms with Gasteiger partial charge in [-0.3, -0.25) is 4.79 Å². The molecular formula is C20H23ClN4O. The number of carbonyl (C=O) groups is 1. The number of hydrogen-bond acceptors (Lipinski definition) is 4. The van der Waals surface area contributed by atoms with Crippen molar-refractivity contribution in [2.75, 3.05) is 11.2 Å². The summed E-state index contributed by atoms with van der Waals surface area (Å²) in [5.41, 5.74) is 4.82. The van der Waals surface area contributed by atoms with E-state index in [-0.39, 0.29) is 5.91 Å². The van der Waals surface area contributed by atoms with Gasteiger partial charge in [-0.25, -0.2) is 9.97 Å². The summed E-state index contributed by atoms with van der Waals surface area (Å²) in [6, 6.07) is 8.89. The van der Waals surface area contributed by atoms with Gasteiger partial charge in [0.15, 0.2) is 0 Å². The van der Waals surface area contributed by atoms with Gasteiger partial charge in [0.1, 0.15) is 0 Å². The fraction of sp³-hybridized carbons (Fsp3) is 0.450. The van der Waals surface area contributed by atoms with Crippen molar-refractivity contribution in [2.45, 2.75) is 51.2 Å². The highest BCUT2D eigenvalue weighted by molar-refractivity contribution is 6.17. The number of fused-ring (bicyclic) bond motifs is 2. The van der Waals surface area contributed by atoms with Crippen LogP contribution in [-0.2, 0) is 30.7 Å². The molecule has 0 unspecified atom stereocenters. The minimum atomic E-state index is 0.175. The molecular weight excluding hydrogens is 348 g/mol. The molecule has 0 saturated heterocycles. The summed E-state index contributed by atoms with van der Waals surface area (Å²) >= 11 is 5.68. The van der Waals surface area contributed by atoms with Gasteiger partial charge in [0.25, 0.3) is 0 Å². The number of amides is 1. The van der Waals surface area contributed by atoms with Crippen LogP contribution in [0.15, 0.2) is 30.5 Å². The molecule has 26 heavy (non-hydrogen) atoms. The maximum atomic E-state index is 12.3. The van der Waals surface area contributed by atoms with Crippen LogP contribution < -0.4 is 5.32 Å². The fourth-order valence-electron chi connectivity index (χ4n) is 3.77. The van der Waals surface area contributed by atoms with Crippen LogP contribution in [0.25, 0.3) is 0 Å². The van der Waals surface area contributed by atoms with Gasteiger partial charge in [0.05, 0.1) is 12.2 Å². The van der Waals surface area contributed by atoms with Crippen molar-refractivity contribution in [3.8, 4) is 0 Å². The number of carbonyl (C=O) groups excluding carboxylic acids is 1. The van der Waals surface area contributed by atoms with Gasteiger partial charge in [-0.1, -0.05) is 24.3 Å². The minimum Gasteiger partial charge on any atom is -0.351 e. The first-order valence-electron chi connectivity index (χ1n) is 9.25. The maximum absolute atomic E-state index is 12.3. The molecule has 1 aromatic heterocycles. The Labute approximate surface area is 158 Å². The van der Waals surface area contributed by atoms with Crippen LogP contribution in [0, 0.1) is 0 Å². The van der Waals surface area contributed by atoms with E-state index in [0.717, 1.165) is 36.9 Å². The quantitative estimate of drug-likeness (QED) is 0.626. The number of benzene rings is 1. The second kappa shape index (κ2) is 7.62. The zero-order valence-electron chi connectivity index (χ0n) is 14.7. The van der Waals surface area contributed by atoms with Crippen LogP contribution >= 0.6 is 11.6 Å². The molecule has 0 spiro atoms. The normalized spacial score (nSPS) is 15.8. The Hall–Kier alpha value is -2.14. The summed E-state index contributed by atoms with van der Waals surface area (Å²) in [5.74, 6) is 1.45. The third kappa shape index (κ3) is 3.68. The van der Waals surface area contributed by atoms with Crippen molar-refractivity contribution in [3.63, 3.8) is 0 Å². The summed E-state index contributed by atoms with van der Waals surface area (Å²) in [5, 5.41) is 3.46. The molecule has 2 aromatic rings. The number of unbranched alkanes of at least 4 members (excludes halogenated alkanes) is 1. The van der Waals surface area contributed by atoms with Gasteiger partial charge in [0, 0.05) is 36.6 Å². The molecule has 1 N–H and O–H groups in total. The van der Waals surface area contributed by atoms with E-state index in [9.17, 15) is 4.79 Å². The van der Waals surface area contributed by atoms with Crippen molar-refractivity contribution >= 4 is 23.5 Å². The Balaban J connectivity index is 1.36. The van der Waals surface area contributed by atoms with Gasteiger partial charge in [-0.2, -0.15) is 0 Å². The molecule has 0 fully saturated rings. The zero-order chi connectivity index (χ0) is 17.9. The summed E-state index contributed by atoms with van der Waals surface area (Å²) in [7, 11) is 0. The molecule has 0 radical (unpaired) electrons. The molecule has 1 amide bonds. The van der Waals surface area contributed by atoms with E-state index in [0.29, 0.717) is 37.4 Å². The number of rotatable bonds is 6. The van der Waals surface area contributed by atoms with E-state index in [1.54, 1.807) is 0 Å². The van der Waals surface area contributed by atoms with E-state index >= 15 is 0 Å². The zero-order valence-corrected chi connectivity index (χ0v) is 15.5. The molecule has 1 aliphatic heterocycles. The predicted octanol–water partition coefficient (Wildman–Crippen LogP) is 3.31. The van der Waals surface area contributed by atoms with E-state index in [2.05, 4.69) is 39.6 Å². The monoisotopic (exact) mass is 370 g/mol. The predicted molar refractivity (Wildman–Crippen MR) is 102 cm³/mol. The average Bonchev–Trinajstić information content (AvgIpc) is 3.24. The molecule has 1 aromatic carbocycles. The molecule has 0 bridgehead atoms. The Kier molecular flexibility index (Phi) is 5.07. The Morgan fingerprint density at radius 2 is 1.92 bits per heavy atom. The Morgan fingerprint density at radius 3 is 2.65 bits per heavy atom. The molecule has 5 nitrogen and oxygen atoms in total. The molecule has 4 rings (SSSR count). The maximum Gasteiger partial charge on any atom is 0.223 e. The van der Waals surface area contributed by atoms with Crippen molar-refractivity contribution in [1.82, 2.24) is 14.9 Å². The third-order valence-corrected chi connectivity index (χ3v) is 5.43. The average molecular weight is 371 g/mol. The molecule has 2 heterocycles. The first-order valence-corrected chi connectivity index (χ1v) is 9.78. The minimum absolute atomic E-state index is 0.175. The molecule has 0 atom stereocenters. The van der Waals surface area contributed by atoms with E-state index in [4.69, 9.17) is 11.6 Å². The van der Waals surface area contributed by atoms with E-state index in [1.807, 2.05) is 11.1 Å². The van der Waals surface area contributed by atoms with Crippen LogP contribution in [0.4, 0.5) is 5.95 Å². The van der Waals surface area contributed by atoms with Crippen LogP contribution in [-0.4, -0.2) is 32.7 Å². The second-order valence-corrected chi connectivity index (χ2v) is 7.46. The summed E-state index contributed by atoms with van der Waals surface area (Å²) in [6.45, 7) is 1.20. The summed E-state index contributed by atoms with van der Waals surface area (Å²) in [4.78, 5) is 23.3. The van der Waals surface area contributed by atoms with Crippen LogP contribution in [0.1, 0.15) is 41.6 Å². The molecule has 2 aliphatic rings. The fourth-order valence-corrected chi connectivity index (χ4v) is 3.96. The lowest BCUT2D eigenvalue weighted by molar-refractivity contribution is -0.131. The molecule has 136 valence electrons. The lowest BCUT2D eigenvalue weighted by atomic mass is 10.1. The van der Waals surface area contributed by atoms with Gasteiger partial charge in [-0.15, -0.1) is 11.6 Å². The summed E-state index contributed by atoms with van der Waals surface area (Å²) in [6.07, 6.45) is 6.14. The van der Waals surface area contributed by atoms with Gasteiger partial charge >= 0.3 is 0 Å². The number of nitrogens with zero attached hydrogens (tertiary/aromatic N) is 3.